The van der Waals surface area contributed by atoms with Crippen LogP contribution in [0.3, 0.4) is 0 Å². The summed E-state index contributed by atoms with van der Waals surface area (Å²) >= 11 is 0. The molecule has 0 saturated carbocycles. The van der Waals surface area contributed by atoms with Crippen molar-refractivity contribution in [3.63, 3.8) is 0 Å². The smallest absolute Gasteiger partial charge is 0.258 e. The highest BCUT2D eigenvalue weighted by molar-refractivity contribution is 5.98. The molecule has 0 fully saturated rings. The predicted molar refractivity (Wildman–Crippen MR) is 105 cm³/mol. The van der Waals surface area contributed by atoms with Gasteiger partial charge >= 0.3 is 0 Å². The molecule has 0 unspecified atom stereocenters. The van der Waals surface area contributed by atoms with Gasteiger partial charge in [-0.15, -0.1) is 0 Å². The molecule has 138 valence electrons. The number of aromatic nitrogens is 2. The normalized spacial score (nSPS) is 17.9. The van der Waals surface area contributed by atoms with Crippen LogP contribution < -0.4 is 16.2 Å². The lowest BCUT2D eigenvalue weighted by atomic mass is 9.79. The summed E-state index contributed by atoms with van der Waals surface area (Å²) < 4.78 is 0. The van der Waals surface area contributed by atoms with E-state index in [1.807, 2.05) is 67.6 Å². The molecule has 1 aliphatic rings. The largest absolute Gasteiger partial charge is 0.326 e. The Labute approximate surface area is 161 Å². The number of nitrogens with one attached hydrogen (secondary N) is 3. The number of hydrogen-bond donors (Lipinski definition) is 3. The minimum Gasteiger partial charge on any atom is -0.326 e. The van der Waals surface area contributed by atoms with Gasteiger partial charge < -0.3 is 10.6 Å². The summed E-state index contributed by atoms with van der Waals surface area (Å²) in [6, 6.07) is 18.8. The molecule has 1 aromatic heterocycles. The number of para-hydroxylation sites is 1. The van der Waals surface area contributed by atoms with Crippen LogP contribution in [0.25, 0.3) is 0 Å². The second kappa shape index (κ2) is 7.00. The SMILES string of the molecule is Cc1cccc([C@H]2c3c(nc(Nc4ccccc4)[nH]c3=O)NC(=O)[C@@H]2C#N)c1. The highest BCUT2D eigenvalue weighted by atomic mass is 16.2. The van der Waals surface area contributed by atoms with Crippen molar-refractivity contribution in [3.05, 3.63) is 81.6 Å². The fraction of sp³-hybridized carbons (Fsp3) is 0.143. The fourth-order valence-electron chi connectivity index (χ4n) is 3.45. The van der Waals surface area contributed by atoms with Crippen LogP contribution >= 0.6 is 0 Å². The van der Waals surface area contributed by atoms with Crippen LogP contribution in [-0.4, -0.2) is 15.9 Å². The number of rotatable bonds is 3. The summed E-state index contributed by atoms with van der Waals surface area (Å²) in [7, 11) is 0. The molecule has 0 saturated heterocycles. The van der Waals surface area contributed by atoms with E-state index in [9.17, 15) is 14.9 Å². The molecule has 0 radical (unpaired) electrons. The van der Waals surface area contributed by atoms with Gasteiger partial charge in [0, 0.05) is 11.6 Å². The van der Waals surface area contributed by atoms with Crippen molar-refractivity contribution in [1.29, 1.82) is 5.26 Å². The number of anilines is 3. The predicted octanol–water partition coefficient (Wildman–Crippen LogP) is 3.05. The number of nitriles is 1. The number of hydrogen-bond acceptors (Lipinski definition) is 5. The third kappa shape index (κ3) is 3.12. The molecule has 3 aromatic rings. The number of benzene rings is 2. The lowest BCUT2D eigenvalue weighted by Gasteiger charge is -2.28. The van der Waals surface area contributed by atoms with Gasteiger partial charge in [0.1, 0.15) is 11.7 Å². The minimum absolute atomic E-state index is 0.171. The molecule has 2 atom stereocenters. The van der Waals surface area contributed by atoms with Gasteiger partial charge in [0.05, 0.1) is 11.6 Å². The first-order valence-electron chi connectivity index (χ1n) is 8.80. The number of aromatic amines is 1. The first kappa shape index (κ1) is 17.5. The Morgan fingerprint density at radius 3 is 2.61 bits per heavy atom. The first-order chi connectivity index (χ1) is 13.6. The van der Waals surface area contributed by atoms with Gasteiger partial charge in [-0.1, -0.05) is 48.0 Å². The zero-order chi connectivity index (χ0) is 19.7. The van der Waals surface area contributed by atoms with E-state index in [0.29, 0.717) is 0 Å². The number of carbonyl (C=O) groups excluding carboxylic acids is 1. The Balaban J connectivity index is 1.83. The monoisotopic (exact) mass is 371 g/mol. The quantitative estimate of drug-likeness (QED) is 0.655. The van der Waals surface area contributed by atoms with E-state index >= 15 is 0 Å². The number of H-pyrrole nitrogens is 1. The summed E-state index contributed by atoms with van der Waals surface area (Å²) in [5.41, 5.74) is 2.36. The Hall–Kier alpha value is -3.92. The number of aryl methyl sites for hydroxylation is 1. The number of nitrogens with zero attached hydrogens (tertiary/aromatic N) is 2. The molecule has 0 bridgehead atoms. The van der Waals surface area contributed by atoms with E-state index in [-0.39, 0.29) is 17.3 Å². The Morgan fingerprint density at radius 2 is 1.89 bits per heavy atom. The number of amides is 1. The van der Waals surface area contributed by atoms with Gasteiger partial charge in [0.2, 0.25) is 11.9 Å². The molecule has 7 heteroatoms. The zero-order valence-electron chi connectivity index (χ0n) is 15.1. The first-order valence-corrected chi connectivity index (χ1v) is 8.80. The lowest BCUT2D eigenvalue weighted by molar-refractivity contribution is -0.119. The van der Waals surface area contributed by atoms with Gasteiger partial charge in [-0.3, -0.25) is 14.6 Å². The highest BCUT2D eigenvalue weighted by Crippen LogP contribution is 2.38. The highest BCUT2D eigenvalue weighted by Gasteiger charge is 2.40. The summed E-state index contributed by atoms with van der Waals surface area (Å²) in [4.78, 5) is 32.5. The van der Waals surface area contributed by atoms with Crippen molar-refractivity contribution in [1.82, 2.24) is 9.97 Å². The van der Waals surface area contributed by atoms with Crippen molar-refractivity contribution in [2.75, 3.05) is 10.6 Å². The Kier molecular flexibility index (Phi) is 4.38. The zero-order valence-corrected chi connectivity index (χ0v) is 15.1. The number of fused-ring (bicyclic) bond motifs is 1. The van der Waals surface area contributed by atoms with E-state index < -0.39 is 23.3 Å². The molecule has 0 aliphatic carbocycles. The van der Waals surface area contributed by atoms with Crippen LogP contribution in [0, 0.1) is 24.2 Å². The maximum atomic E-state index is 12.9. The molecule has 3 N–H and O–H groups in total. The fourth-order valence-corrected chi connectivity index (χ4v) is 3.45. The summed E-state index contributed by atoms with van der Waals surface area (Å²) in [5.74, 6) is -1.77. The maximum absolute atomic E-state index is 12.9. The van der Waals surface area contributed by atoms with E-state index in [1.165, 1.54) is 0 Å². The summed E-state index contributed by atoms with van der Waals surface area (Å²) in [6.45, 7) is 1.92. The standard InChI is InChI=1S/C21H17N5O2/c1-12-6-5-7-13(10-12)16-15(11-22)19(27)24-18-17(16)20(28)26-21(25-18)23-14-8-3-2-4-9-14/h2-10,15-16H,1H3,(H3,23,24,25,26,27,28)/t15-,16-/m1/s1. The molecular weight excluding hydrogens is 354 g/mol. The van der Waals surface area contributed by atoms with Crippen LogP contribution in [0.5, 0.6) is 0 Å². The van der Waals surface area contributed by atoms with Crippen LogP contribution in [0.15, 0.2) is 59.4 Å². The molecule has 1 aliphatic heterocycles. The molecule has 1 amide bonds. The van der Waals surface area contributed by atoms with E-state index in [0.717, 1.165) is 16.8 Å². The van der Waals surface area contributed by atoms with Gasteiger partial charge in [0.15, 0.2) is 0 Å². The average molecular weight is 371 g/mol. The van der Waals surface area contributed by atoms with Crippen molar-refractivity contribution < 1.29 is 4.79 Å². The third-order valence-corrected chi connectivity index (χ3v) is 4.70. The van der Waals surface area contributed by atoms with Crippen LogP contribution in [-0.2, 0) is 4.79 Å². The van der Waals surface area contributed by atoms with E-state index in [1.54, 1.807) is 0 Å². The van der Waals surface area contributed by atoms with Crippen molar-refractivity contribution in [2.45, 2.75) is 12.8 Å². The second-order valence-electron chi connectivity index (χ2n) is 6.66. The number of carbonyl (C=O) groups is 1. The minimum atomic E-state index is -1.01. The molecular formula is C21H17N5O2. The van der Waals surface area contributed by atoms with Gasteiger partial charge in [0.25, 0.3) is 5.56 Å². The molecule has 28 heavy (non-hydrogen) atoms. The van der Waals surface area contributed by atoms with E-state index in [2.05, 4.69) is 20.6 Å². The molecule has 4 rings (SSSR count). The van der Waals surface area contributed by atoms with Gasteiger partial charge in [-0.2, -0.15) is 10.2 Å². The molecule has 0 spiro atoms. The lowest BCUT2D eigenvalue weighted by Crippen LogP contribution is -2.38. The topological polar surface area (TPSA) is 111 Å². The van der Waals surface area contributed by atoms with Crippen molar-refractivity contribution in [3.8, 4) is 6.07 Å². The van der Waals surface area contributed by atoms with Gasteiger partial charge in [-0.25, -0.2) is 0 Å². The summed E-state index contributed by atoms with van der Waals surface area (Å²) in [6.07, 6.45) is 0. The average Bonchev–Trinajstić information content (AvgIpc) is 2.67. The van der Waals surface area contributed by atoms with Crippen LogP contribution in [0.2, 0.25) is 0 Å². The van der Waals surface area contributed by atoms with Crippen molar-refractivity contribution in [2.24, 2.45) is 5.92 Å². The van der Waals surface area contributed by atoms with Gasteiger partial charge in [-0.05, 0) is 24.6 Å². The van der Waals surface area contributed by atoms with E-state index in [4.69, 9.17) is 0 Å². The van der Waals surface area contributed by atoms with Crippen LogP contribution in [0.1, 0.15) is 22.6 Å². The second-order valence-corrected chi connectivity index (χ2v) is 6.66. The molecule has 7 nitrogen and oxygen atoms in total. The third-order valence-electron chi connectivity index (χ3n) is 4.70. The molecule has 2 heterocycles. The molecule has 2 aromatic carbocycles. The van der Waals surface area contributed by atoms with Crippen molar-refractivity contribution >= 4 is 23.4 Å². The Morgan fingerprint density at radius 1 is 1.11 bits per heavy atom. The Bertz CT molecular complexity index is 1150. The van der Waals surface area contributed by atoms with Crippen LogP contribution in [0.4, 0.5) is 17.5 Å². The maximum Gasteiger partial charge on any atom is 0.258 e. The summed E-state index contributed by atoms with van der Waals surface area (Å²) in [5, 5.41) is 15.2.